The van der Waals surface area contributed by atoms with Gasteiger partial charge in [0.05, 0.1) is 12.2 Å². The lowest BCUT2D eigenvalue weighted by Crippen LogP contribution is -2.15. The summed E-state index contributed by atoms with van der Waals surface area (Å²) in [6.07, 6.45) is 13.8. The predicted octanol–water partition coefficient (Wildman–Crippen LogP) is 8.79. The van der Waals surface area contributed by atoms with E-state index in [1.165, 1.54) is 64.2 Å². The van der Waals surface area contributed by atoms with Crippen LogP contribution in [0.4, 0.5) is 22.0 Å². The Labute approximate surface area is 217 Å². The molecule has 0 fully saturated rings. The largest absolute Gasteiger partial charge is 0.466 e. The van der Waals surface area contributed by atoms with Gasteiger partial charge in [0, 0.05) is 12.8 Å². The second kappa shape index (κ2) is 19.0. The molecule has 0 aliphatic rings. The summed E-state index contributed by atoms with van der Waals surface area (Å²) in [7, 11) is 0. The van der Waals surface area contributed by atoms with Gasteiger partial charge < -0.3 is 9.47 Å². The third-order valence-corrected chi connectivity index (χ3v) is 6.23. The highest BCUT2D eigenvalue weighted by molar-refractivity contribution is 5.72. The molecule has 0 bridgehead atoms. The monoisotopic (exact) mass is 536 g/mol. The number of rotatable bonds is 20. The first-order chi connectivity index (χ1) is 17.7. The van der Waals surface area contributed by atoms with Crippen molar-refractivity contribution in [3.8, 4) is 0 Å². The van der Waals surface area contributed by atoms with E-state index in [4.69, 9.17) is 9.47 Å². The zero-order chi connectivity index (χ0) is 27.6. The number of hydrogen-bond acceptors (Lipinski definition) is 4. The number of carbonyl (C=O) groups is 2. The minimum Gasteiger partial charge on any atom is -0.466 e. The lowest BCUT2D eigenvalue weighted by atomic mass is 10.0. The molecule has 212 valence electrons. The first-order valence-electron chi connectivity index (χ1n) is 13.6. The van der Waals surface area contributed by atoms with E-state index >= 15 is 0 Å². The third-order valence-electron chi connectivity index (χ3n) is 6.23. The summed E-state index contributed by atoms with van der Waals surface area (Å²) in [6, 6.07) is 0. The Kier molecular flexibility index (Phi) is 16.8. The summed E-state index contributed by atoms with van der Waals surface area (Å²) in [5.74, 6) is -12.0. The molecular formula is C28H41F5O4. The van der Waals surface area contributed by atoms with Crippen LogP contribution in [0.2, 0.25) is 0 Å². The molecular weight excluding hydrogens is 495 g/mol. The fourth-order valence-electron chi connectivity index (χ4n) is 4.05. The highest BCUT2D eigenvalue weighted by Crippen LogP contribution is 2.29. The van der Waals surface area contributed by atoms with Crippen molar-refractivity contribution in [2.24, 2.45) is 0 Å². The molecule has 1 atom stereocenters. The minimum absolute atomic E-state index is 0.0511. The Morgan fingerprint density at radius 2 is 1.00 bits per heavy atom. The fourth-order valence-corrected chi connectivity index (χ4v) is 4.05. The SMILES string of the molecule is CCCCCCCCCCCCCCCOC(=O)CCCC(=O)OC(C)c1c(F)c(F)c(F)c(F)c1F. The van der Waals surface area contributed by atoms with Gasteiger partial charge in [-0.2, -0.15) is 0 Å². The number of ether oxygens (including phenoxy) is 2. The summed E-state index contributed by atoms with van der Waals surface area (Å²) in [5.41, 5.74) is -1.22. The van der Waals surface area contributed by atoms with E-state index < -0.39 is 52.7 Å². The highest BCUT2D eigenvalue weighted by atomic mass is 19.2. The summed E-state index contributed by atoms with van der Waals surface area (Å²) in [4.78, 5) is 23.7. The quantitative estimate of drug-likeness (QED) is 0.0549. The molecule has 0 aliphatic carbocycles. The van der Waals surface area contributed by atoms with Gasteiger partial charge >= 0.3 is 11.9 Å². The number of carbonyl (C=O) groups excluding carboxylic acids is 2. The lowest BCUT2D eigenvalue weighted by molar-refractivity contribution is -0.149. The predicted molar refractivity (Wildman–Crippen MR) is 131 cm³/mol. The summed E-state index contributed by atoms with van der Waals surface area (Å²) in [6.45, 7) is 3.53. The van der Waals surface area contributed by atoms with Gasteiger partial charge in [0.2, 0.25) is 5.82 Å². The molecule has 0 amide bonds. The Bertz CT molecular complexity index is 802. The molecule has 1 rings (SSSR count). The van der Waals surface area contributed by atoms with E-state index in [1.54, 1.807) is 0 Å². The Morgan fingerprint density at radius 1 is 0.595 bits per heavy atom. The molecule has 1 aromatic carbocycles. The number of esters is 2. The average Bonchev–Trinajstić information content (AvgIpc) is 2.86. The zero-order valence-electron chi connectivity index (χ0n) is 22.1. The smallest absolute Gasteiger partial charge is 0.306 e. The van der Waals surface area contributed by atoms with Gasteiger partial charge in [0.15, 0.2) is 23.3 Å². The summed E-state index contributed by atoms with van der Waals surface area (Å²) in [5, 5.41) is 0. The molecule has 0 spiro atoms. The maximum atomic E-state index is 13.8. The van der Waals surface area contributed by atoms with E-state index in [1.807, 2.05) is 0 Å². The van der Waals surface area contributed by atoms with Crippen LogP contribution in [0.25, 0.3) is 0 Å². The number of hydrogen-bond donors (Lipinski definition) is 0. The van der Waals surface area contributed by atoms with Crippen LogP contribution in [0.5, 0.6) is 0 Å². The molecule has 0 radical (unpaired) electrons. The van der Waals surface area contributed by atoms with Crippen LogP contribution in [0.3, 0.4) is 0 Å². The van der Waals surface area contributed by atoms with E-state index in [0.717, 1.165) is 26.2 Å². The second-order valence-electron chi connectivity index (χ2n) is 9.43. The average molecular weight is 537 g/mol. The second-order valence-corrected chi connectivity index (χ2v) is 9.43. The van der Waals surface area contributed by atoms with Gasteiger partial charge in [-0.3, -0.25) is 9.59 Å². The van der Waals surface area contributed by atoms with Gasteiger partial charge in [-0.15, -0.1) is 0 Å². The van der Waals surface area contributed by atoms with Crippen molar-refractivity contribution in [3.63, 3.8) is 0 Å². The van der Waals surface area contributed by atoms with Crippen LogP contribution in [0.15, 0.2) is 0 Å². The van der Waals surface area contributed by atoms with Crippen molar-refractivity contribution in [2.75, 3.05) is 6.61 Å². The number of halogens is 5. The molecule has 0 saturated heterocycles. The molecule has 0 N–H and O–H groups in total. The molecule has 1 aromatic rings. The van der Waals surface area contributed by atoms with Crippen LogP contribution in [0, 0.1) is 29.1 Å². The molecule has 0 saturated carbocycles. The first-order valence-corrected chi connectivity index (χ1v) is 13.6. The molecule has 4 nitrogen and oxygen atoms in total. The van der Waals surface area contributed by atoms with Crippen molar-refractivity contribution in [2.45, 2.75) is 123 Å². The van der Waals surface area contributed by atoms with Crippen LogP contribution in [-0.4, -0.2) is 18.5 Å². The van der Waals surface area contributed by atoms with Crippen LogP contribution >= 0.6 is 0 Å². The van der Waals surface area contributed by atoms with E-state index in [9.17, 15) is 31.5 Å². The summed E-state index contributed by atoms with van der Waals surface area (Å²) >= 11 is 0. The molecule has 9 heteroatoms. The highest BCUT2D eigenvalue weighted by Gasteiger charge is 2.30. The molecule has 0 aromatic heterocycles. The van der Waals surface area contributed by atoms with Gasteiger partial charge in [-0.1, -0.05) is 84.0 Å². The minimum atomic E-state index is -2.28. The van der Waals surface area contributed by atoms with Gasteiger partial charge in [0.25, 0.3) is 0 Å². The van der Waals surface area contributed by atoms with E-state index in [-0.39, 0.29) is 19.3 Å². The standard InChI is InChI=1S/C28H41F5O4/c1-3-4-5-6-7-8-9-10-11-12-13-14-15-19-36-21(34)17-16-18-22(35)37-20(2)23-24(29)26(31)28(33)27(32)25(23)30/h20H,3-19H2,1-2H3. The van der Waals surface area contributed by atoms with Gasteiger partial charge in [0.1, 0.15) is 6.10 Å². The van der Waals surface area contributed by atoms with Crippen molar-refractivity contribution in [3.05, 3.63) is 34.6 Å². The van der Waals surface area contributed by atoms with Gasteiger partial charge in [-0.05, 0) is 19.8 Å². The fraction of sp³-hybridized carbons (Fsp3) is 0.714. The molecule has 1 unspecified atom stereocenters. The lowest BCUT2D eigenvalue weighted by Gasteiger charge is -2.16. The van der Waals surface area contributed by atoms with E-state index in [2.05, 4.69) is 6.92 Å². The van der Waals surface area contributed by atoms with Crippen LogP contribution < -0.4 is 0 Å². The van der Waals surface area contributed by atoms with Crippen molar-refractivity contribution in [1.82, 2.24) is 0 Å². The van der Waals surface area contributed by atoms with Crippen LogP contribution in [0.1, 0.15) is 128 Å². The Hall–Kier alpha value is -2.19. The van der Waals surface area contributed by atoms with Crippen molar-refractivity contribution >= 4 is 11.9 Å². The molecule has 37 heavy (non-hydrogen) atoms. The Balaban J connectivity index is 2.09. The maximum Gasteiger partial charge on any atom is 0.306 e. The van der Waals surface area contributed by atoms with Crippen molar-refractivity contribution < 1.29 is 41.0 Å². The van der Waals surface area contributed by atoms with Gasteiger partial charge in [-0.25, -0.2) is 22.0 Å². The number of unbranched alkanes of at least 4 members (excludes halogenated alkanes) is 12. The summed E-state index contributed by atoms with van der Waals surface area (Å²) < 4.78 is 77.3. The molecule has 0 heterocycles. The molecule has 0 aliphatic heterocycles. The van der Waals surface area contributed by atoms with E-state index in [0.29, 0.717) is 6.61 Å². The zero-order valence-corrected chi connectivity index (χ0v) is 22.1. The number of benzene rings is 1. The first kappa shape index (κ1) is 32.8. The topological polar surface area (TPSA) is 52.6 Å². The normalized spacial score (nSPS) is 12.0. The Morgan fingerprint density at radius 3 is 1.49 bits per heavy atom. The third kappa shape index (κ3) is 12.7. The van der Waals surface area contributed by atoms with Crippen LogP contribution in [-0.2, 0) is 19.1 Å². The maximum absolute atomic E-state index is 13.8. The van der Waals surface area contributed by atoms with Crippen molar-refractivity contribution in [1.29, 1.82) is 0 Å².